The summed E-state index contributed by atoms with van der Waals surface area (Å²) >= 11 is 0. The number of halogens is 2. The van der Waals surface area contributed by atoms with Gasteiger partial charge in [0.25, 0.3) is 11.9 Å². The molecule has 0 aliphatic rings. The fourth-order valence-corrected chi connectivity index (χ4v) is 4.92. The second-order valence-corrected chi connectivity index (χ2v) is 8.59. The van der Waals surface area contributed by atoms with Crippen molar-refractivity contribution in [3.05, 3.63) is 35.4 Å². The van der Waals surface area contributed by atoms with E-state index < -0.39 is 44.8 Å². The molecule has 0 atom stereocenters. The summed E-state index contributed by atoms with van der Waals surface area (Å²) in [5.74, 6) is -4.06. The Morgan fingerprint density at radius 1 is 0.889 bits per heavy atom. The molecular formula is C18H24F2O6Si. The Bertz CT molecular complexity index is 644. The molecule has 0 aromatic heterocycles. The van der Waals surface area contributed by atoms with E-state index in [9.17, 15) is 23.2 Å². The molecule has 0 radical (unpaired) electrons. The lowest BCUT2D eigenvalue weighted by Crippen LogP contribution is -2.49. The maximum absolute atomic E-state index is 13.3. The molecule has 1 rings (SSSR count). The van der Waals surface area contributed by atoms with E-state index in [0.29, 0.717) is 12.5 Å². The SMILES string of the molecule is CCCCCC[Si](OC(C)=O)(OC(C)=O)OC(=O)Cc1cc(F)cc(F)c1. The summed E-state index contributed by atoms with van der Waals surface area (Å²) in [5, 5.41) is 0. The Morgan fingerprint density at radius 2 is 1.44 bits per heavy atom. The van der Waals surface area contributed by atoms with E-state index in [1.165, 1.54) is 0 Å². The molecule has 1 aromatic carbocycles. The molecule has 27 heavy (non-hydrogen) atoms. The van der Waals surface area contributed by atoms with Crippen LogP contribution in [-0.4, -0.2) is 26.7 Å². The van der Waals surface area contributed by atoms with Crippen LogP contribution in [0, 0.1) is 11.6 Å². The van der Waals surface area contributed by atoms with Gasteiger partial charge in [-0.2, -0.15) is 0 Å². The molecule has 0 saturated heterocycles. The number of unbranched alkanes of at least 4 members (excludes halogenated alkanes) is 3. The van der Waals surface area contributed by atoms with Crippen molar-refractivity contribution in [1.82, 2.24) is 0 Å². The van der Waals surface area contributed by atoms with Gasteiger partial charge in [0.2, 0.25) is 0 Å². The topological polar surface area (TPSA) is 78.9 Å². The maximum Gasteiger partial charge on any atom is 0.705 e. The van der Waals surface area contributed by atoms with Crippen molar-refractivity contribution in [2.75, 3.05) is 0 Å². The molecule has 0 aliphatic carbocycles. The summed E-state index contributed by atoms with van der Waals surface area (Å²) in [6.45, 7) is 4.25. The van der Waals surface area contributed by atoms with Gasteiger partial charge in [-0.3, -0.25) is 14.4 Å². The highest BCUT2D eigenvalue weighted by Gasteiger charge is 2.51. The van der Waals surface area contributed by atoms with Crippen LogP contribution >= 0.6 is 0 Å². The molecule has 150 valence electrons. The molecule has 0 spiro atoms. The highest BCUT2D eigenvalue weighted by atomic mass is 28.4. The zero-order chi connectivity index (χ0) is 20.4. The number of carbonyl (C=O) groups is 3. The Morgan fingerprint density at radius 3 is 1.93 bits per heavy atom. The third-order valence-electron chi connectivity index (χ3n) is 3.48. The first-order chi connectivity index (χ1) is 12.7. The van der Waals surface area contributed by atoms with Crippen LogP contribution in [-0.2, 0) is 34.1 Å². The smallest absolute Gasteiger partial charge is 0.455 e. The molecule has 0 fully saturated rings. The van der Waals surface area contributed by atoms with Crippen molar-refractivity contribution in [3.8, 4) is 0 Å². The molecule has 0 saturated carbocycles. The highest BCUT2D eigenvalue weighted by Crippen LogP contribution is 2.22. The van der Waals surface area contributed by atoms with E-state index in [1.54, 1.807) is 0 Å². The van der Waals surface area contributed by atoms with Gasteiger partial charge in [-0.25, -0.2) is 8.78 Å². The second-order valence-electron chi connectivity index (χ2n) is 6.11. The maximum atomic E-state index is 13.3. The van der Waals surface area contributed by atoms with Crippen LogP contribution in [0.3, 0.4) is 0 Å². The molecule has 0 N–H and O–H groups in total. The Balaban J connectivity index is 2.95. The van der Waals surface area contributed by atoms with Gasteiger partial charge in [0.05, 0.1) is 12.5 Å². The lowest BCUT2D eigenvalue weighted by atomic mass is 10.1. The van der Waals surface area contributed by atoms with Gasteiger partial charge in [-0.1, -0.05) is 26.2 Å². The average Bonchev–Trinajstić information content (AvgIpc) is 2.48. The minimum Gasteiger partial charge on any atom is -0.455 e. The van der Waals surface area contributed by atoms with Gasteiger partial charge < -0.3 is 13.3 Å². The number of hydrogen-bond acceptors (Lipinski definition) is 6. The van der Waals surface area contributed by atoms with Gasteiger partial charge in [-0.05, 0) is 24.1 Å². The minimum atomic E-state index is -3.95. The lowest BCUT2D eigenvalue weighted by Gasteiger charge is -2.26. The Kier molecular flexibility index (Phi) is 9.06. The predicted octanol–water partition coefficient (Wildman–Crippen LogP) is 3.70. The molecule has 0 heterocycles. The van der Waals surface area contributed by atoms with Crippen LogP contribution in [0.25, 0.3) is 0 Å². The number of carbonyl (C=O) groups excluding carboxylic acids is 3. The van der Waals surface area contributed by atoms with Gasteiger partial charge in [0.1, 0.15) is 11.6 Å². The zero-order valence-corrected chi connectivity index (χ0v) is 16.7. The summed E-state index contributed by atoms with van der Waals surface area (Å²) in [7, 11) is -3.95. The van der Waals surface area contributed by atoms with Crippen molar-refractivity contribution in [2.24, 2.45) is 0 Å². The summed E-state index contributed by atoms with van der Waals surface area (Å²) in [6, 6.07) is 2.76. The van der Waals surface area contributed by atoms with Crippen molar-refractivity contribution in [3.63, 3.8) is 0 Å². The van der Waals surface area contributed by atoms with Crippen molar-refractivity contribution < 1.29 is 36.4 Å². The average molecular weight is 402 g/mol. The summed E-state index contributed by atoms with van der Waals surface area (Å²) < 4.78 is 42.1. The lowest BCUT2D eigenvalue weighted by molar-refractivity contribution is -0.148. The number of benzene rings is 1. The molecular weight excluding hydrogens is 378 g/mol. The largest absolute Gasteiger partial charge is 0.705 e. The van der Waals surface area contributed by atoms with Gasteiger partial charge >= 0.3 is 14.8 Å². The molecule has 0 bridgehead atoms. The van der Waals surface area contributed by atoms with Crippen LogP contribution in [0.1, 0.15) is 52.0 Å². The molecule has 1 aromatic rings. The normalized spacial score (nSPS) is 11.0. The van der Waals surface area contributed by atoms with E-state index in [-0.39, 0.29) is 11.6 Å². The van der Waals surface area contributed by atoms with Crippen LogP contribution in [0.4, 0.5) is 8.78 Å². The monoisotopic (exact) mass is 402 g/mol. The van der Waals surface area contributed by atoms with Crippen LogP contribution < -0.4 is 0 Å². The molecule has 0 unspecified atom stereocenters. The van der Waals surface area contributed by atoms with Gasteiger partial charge in [0, 0.05) is 19.9 Å². The predicted molar refractivity (Wildman–Crippen MR) is 94.4 cm³/mol. The first-order valence-electron chi connectivity index (χ1n) is 8.71. The minimum absolute atomic E-state index is 0.0528. The third-order valence-corrected chi connectivity index (χ3v) is 6.18. The van der Waals surface area contributed by atoms with Crippen molar-refractivity contribution in [2.45, 2.75) is 58.9 Å². The standard InChI is InChI=1S/C18H24F2O6Si/c1-4-5-6-7-8-27(24-13(2)21,25-14(3)22)26-18(23)11-15-9-16(19)12-17(20)10-15/h9-10,12H,4-8,11H2,1-3H3. The van der Waals surface area contributed by atoms with Crippen LogP contribution in [0.15, 0.2) is 18.2 Å². The second kappa shape index (κ2) is 10.8. The van der Waals surface area contributed by atoms with E-state index in [1.807, 2.05) is 6.92 Å². The number of rotatable bonds is 10. The first-order valence-corrected chi connectivity index (χ1v) is 10.6. The van der Waals surface area contributed by atoms with Gasteiger partial charge in [0.15, 0.2) is 0 Å². The third kappa shape index (κ3) is 8.76. The first kappa shape index (κ1) is 22.7. The van der Waals surface area contributed by atoms with Crippen LogP contribution in [0.5, 0.6) is 0 Å². The highest BCUT2D eigenvalue weighted by molar-refractivity contribution is 6.65. The number of hydrogen-bond donors (Lipinski definition) is 0. The van der Waals surface area contributed by atoms with E-state index >= 15 is 0 Å². The molecule has 0 amide bonds. The van der Waals surface area contributed by atoms with Crippen molar-refractivity contribution in [1.29, 1.82) is 0 Å². The Labute approximate surface area is 158 Å². The zero-order valence-electron chi connectivity index (χ0n) is 15.7. The molecule has 9 heteroatoms. The fourth-order valence-electron chi connectivity index (χ4n) is 2.51. The van der Waals surface area contributed by atoms with Crippen LogP contribution in [0.2, 0.25) is 6.04 Å². The summed E-state index contributed by atoms with van der Waals surface area (Å²) in [4.78, 5) is 35.3. The molecule has 6 nitrogen and oxygen atoms in total. The fraction of sp³-hybridized carbons (Fsp3) is 0.500. The van der Waals surface area contributed by atoms with E-state index in [4.69, 9.17) is 13.3 Å². The van der Waals surface area contributed by atoms with Gasteiger partial charge in [-0.15, -0.1) is 0 Å². The van der Waals surface area contributed by atoms with Crippen molar-refractivity contribution >= 4 is 26.7 Å². The summed E-state index contributed by atoms with van der Waals surface area (Å²) in [5.41, 5.74) is 0.0528. The quantitative estimate of drug-likeness (QED) is 0.439. The molecule has 0 aliphatic heterocycles. The Hall–Kier alpha value is -2.29. The van der Waals surface area contributed by atoms with E-state index in [0.717, 1.165) is 45.2 Å². The van der Waals surface area contributed by atoms with E-state index in [2.05, 4.69) is 0 Å². The summed E-state index contributed by atoms with van der Waals surface area (Å²) in [6.07, 6.45) is 2.73.